The van der Waals surface area contributed by atoms with Gasteiger partial charge < -0.3 is 9.88 Å². The molecule has 0 aliphatic carbocycles. The number of nitrogens with zero attached hydrogens (tertiary/aromatic N) is 3. The highest BCUT2D eigenvalue weighted by Crippen LogP contribution is 2.23. The van der Waals surface area contributed by atoms with E-state index in [0.717, 1.165) is 32.0 Å². The van der Waals surface area contributed by atoms with Crippen LogP contribution >= 0.6 is 12.4 Å². The number of piperazine rings is 1. The summed E-state index contributed by atoms with van der Waals surface area (Å²) in [5.41, 5.74) is 4.12. The van der Waals surface area contributed by atoms with Crippen LogP contribution in [0.1, 0.15) is 28.6 Å². The number of aryl methyl sites for hydroxylation is 3. The monoisotopic (exact) mass is 320 g/mol. The van der Waals surface area contributed by atoms with Gasteiger partial charge in [0.25, 0.3) is 0 Å². The maximum Gasteiger partial charge on any atom is 0.127 e. The molecule has 1 saturated heterocycles. The molecule has 1 aromatic heterocycles. The lowest BCUT2D eigenvalue weighted by Crippen LogP contribution is -2.46. The summed E-state index contributed by atoms with van der Waals surface area (Å²) >= 11 is 0. The van der Waals surface area contributed by atoms with Crippen molar-refractivity contribution < 1.29 is 0 Å². The zero-order valence-corrected chi connectivity index (χ0v) is 14.4. The molecule has 5 heteroatoms. The van der Waals surface area contributed by atoms with E-state index in [2.05, 4.69) is 58.9 Å². The number of rotatable bonds is 3. The topological polar surface area (TPSA) is 33.1 Å². The standard InChI is InChI=1S/C17H24N4.ClH/c1-13-4-5-15(10-14(13)2)12-21-9-6-18-11-16(21)17-19-7-8-20(17)3;/h4-5,7-8,10,16,18H,6,9,11-12H2,1-3H3;1H. The average molecular weight is 321 g/mol. The van der Waals surface area contributed by atoms with Gasteiger partial charge in [-0.25, -0.2) is 4.98 Å². The van der Waals surface area contributed by atoms with E-state index in [1.54, 1.807) is 0 Å². The van der Waals surface area contributed by atoms with E-state index in [1.807, 2.05) is 12.4 Å². The summed E-state index contributed by atoms with van der Waals surface area (Å²) in [6.45, 7) is 8.42. The highest BCUT2D eigenvalue weighted by atomic mass is 35.5. The van der Waals surface area contributed by atoms with Crippen LogP contribution in [-0.4, -0.2) is 34.1 Å². The number of halogens is 1. The Morgan fingerprint density at radius 3 is 2.77 bits per heavy atom. The van der Waals surface area contributed by atoms with E-state index in [9.17, 15) is 0 Å². The number of aromatic nitrogens is 2. The van der Waals surface area contributed by atoms with Gasteiger partial charge in [0.2, 0.25) is 0 Å². The van der Waals surface area contributed by atoms with E-state index in [1.165, 1.54) is 16.7 Å². The molecule has 0 bridgehead atoms. The highest BCUT2D eigenvalue weighted by Gasteiger charge is 2.26. The van der Waals surface area contributed by atoms with E-state index in [0.29, 0.717) is 6.04 Å². The predicted molar refractivity (Wildman–Crippen MR) is 92.4 cm³/mol. The van der Waals surface area contributed by atoms with Crippen LogP contribution in [0.4, 0.5) is 0 Å². The molecule has 0 radical (unpaired) electrons. The van der Waals surface area contributed by atoms with Crippen LogP contribution in [0.3, 0.4) is 0 Å². The fourth-order valence-corrected chi connectivity index (χ4v) is 3.02. The molecule has 0 amide bonds. The zero-order valence-electron chi connectivity index (χ0n) is 13.5. The van der Waals surface area contributed by atoms with Gasteiger partial charge in [-0.15, -0.1) is 12.4 Å². The molecule has 1 aliphatic rings. The zero-order chi connectivity index (χ0) is 14.8. The van der Waals surface area contributed by atoms with Gasteiger partial charge in [-0.3, -0.25) is 4.90 Å². The van der Waals surface area contributed by atoms with Gasteiger partial charge in [0.05, 0.1) is 6.04 Å². The average Bonchev–Trinajstić information content (AvgIpc) is 2.90. The maximum absolute atomic E-state index is 4.54. The van der Waals surface area contributed by atoms with E-state index in [-0.39, 0.29) is 12.4 Å². The summed E-state index contributed by atoms with van der Waals surface area (Å²) < 4.78 is 2.13. The van der Waals surface area contributed by atoms with Crippen molar-refractivity contribution in [3.05, 3.63) is 53.1 Å². The van der Waals surface area contributed by atoms with Gasteiger partial charge in [0.1, 0.15) is 5.82 Å². The molecule has 1 N–H and O–H groups in total. The van der Waals surface area contributed by atoms with E-state index < -0.39 is 0 Å². The van der Waals surface area contributed by atoms with Crippen molar-refractivity contribution in [2.75, 3.05) is 19.6 Å². The second-order valence-electron chi connectivity index (χ2n) is 6.01. The van der Waals surface area contributed by atoms with Crippen molar-refractivity contribution in [2.24, 2.45) is 7.05 Å². The van der Waals surface area contributed by atoms with Crippen molar-refractivity contribution >= 4 is 12.4 Å². The minimum Gasteiger partial charge on any atom is -0.337 e. The summed E-state index contributed by atoms with van der Waals surface area (Å²) in [5, 5.41) is 3.49. The largest absolute Gasteiger partial charge is 0.337 e. The Kier molecular flexibility index (Phi) is 5.62. The fourth-order valence-electron chi connectivity index (χ4n) is 3.02. The molecule has 1 atom stereocenters. The van der Waals surface area contributed by atoms with Crippen molar-refractivity contribution in [1.82, 2.24) is 19.8 Å². The molecule has 1 aliphatic heterocycles. The van der Waals surface area contributed by atoms with Crippen LogP contribution in [0.2, 0.25) is 0 Å². The Bertz CT molecular complexity index is 623. The minimum atomic E-state index is 0. The van der Waals surface area contributed by atoms with Crippen LogP contribution in [0, 0.1) is 13.8 Å². The third-order valence-electron chi connectivity index (χ3n) is 4.47. The van der Waals surface area contributed by atoms with E-state index in [4.69, 9.17) is 0 Å². The maximum atomic E-state index is 4.54. The quantitative estimate of drug-likeness (QED) is 0.943. The first kappa shape index (κ1) is 17.0. The first-order valence-electron chi connectivity index (χ1n) is 7.63. The van der Waals surface area contributed by atoms with Crippen LogP contribution in [0.5, 0.6) is 0 Å². The number of imidazole rings is 1. The Hall–Kier alpha value is -1.36. The van der Waals surface area contributed by atoms with Gasteiger partial charge in [0, 0.05) is 45.6 Å². The molecule has 1 fully saturated rings. The molecule has 1 unspecified atom stereocenters. The molecule has 3 rings (SSSR count). The Labute approximate surface area is 139 Å². The predicted octanol–water partition coefficient (Wildman–Crippen LogP) is 2.61. The van der Waals surface area contributed by atoms with Crippen molar-refractivity contribution in [3.8, 4) is 0 Å². The summed E-state index contributed by atoms with van der Waals surface area (Å²) in [7, 11) is 2.07. The van der Waals surface area contributed by atoms with Crippen molar-refractivity contribution in [2.45, 2.75) is 26.4 Å². The normalized spacial score (nSPS) is 19.0. The van der Waals surface area contributed by atoms with E-state index >= 15 is 0 Å². The molecule has 22 heavy (non-hydrogen) atoms. The van der Waals surface area contributed by atoms with Crippen LogP contribution in [0.15, 0.2) is 30.6 Å². The van der Waals surface area contributed by atoms with Gasteiger partial charge in [0.15, 0.2) is 0 Å². The van der Waals surface area contributed by atoms with Gasteiger partial charge >= 0.3 is 0 Å². The lowest BCUT2D eigenvalue weighted by molar-refractivity contribution is 0.144. The lowest BCUT2D eigenvalue weighted by atomic mass is 10.0. The molecule has 2 aromatic rings. The van der Waals surface area contributed by atoms with Gasteiger partial charge in [-0.1, -0.05) is 18.2 Å². The Balaban J connectivity index is 0.00000176. The summed E-state index contributed by atoms with van der Waals surface area (Å²) in [4.78, 5) is 7.07. The first-order chi connectivity index (χ1) is 10.1. The SMILES string of the molecule is Cc1ccc(CN2CCNCC2c2nccn2C)cc1C.Cl. The number of hydrogen-bond acceptors (Lipinski definition) is 3. The van der Waals surface area contributed by atoms with Crippen molar-refractivity contribution in [3.63, 3.8) is 0 Å². The molecule has 0 saturated carbocycles. The van der Waals surface area contributed by atoms with Crippen LogP contribution < -0.4 is 5.32 Å². The lowest BCUT2D eigenvalue weighted by Gasteiger charge is -2.35. The third kappa shape index (κ3) is 3.51. The minimum absolute atomic E-state index is 0. The Morgan fingerprint density at radius 2 is 2.09 bits per heavy atom. The second kappa shape index (κ2) is 7.27. The second-order valence-corrected chi connectivity index (χ2v) is 6.01. The molecular weight excluding hydrogens is 296 g/mol. The van der Waals surface area contributed by atoms with Gasteiger partial charge in [-0.2, -0.15) is 0 Å². The first-order valence-corrected chi connectivity index (χ1v) is 7.63. The molecule has 0 spiro atoms. The third-order valence-corrected chi connectivity index (χ3v) is 4.47. The molecule has 2 heterocycles. The summed E-state index contributed by atoms with van der Waals surface area (Å²) in [5.74, 6) is 1.14. The highest BCUT2D eigenvalue weighted by molar-refractivity contribution is 5.85. The Morgan fingerprint density at radius 1 is 1.27 bits per heavy atom. The van der Waals surface area contributed by atoms with Gasteiger partial charge in [-0.05, 0) is 30.5 Å². The van der Waals surface area contributed by atoms with Crippen molar-refractivity contribution in [1.29, 1.82) is 0 Å². The number of hydrogen-bond donors (Lipinski definition) is 1. The number of nitrogens with one attached hydrogen (secondary N) is 1. The summed E-state index contributed by atoms with van der Waals surface area (Å²) in [6.07, 6.45) is 3.91. The molecule has 4 nitrogen and oxygen atoms in total. The molecular formula is C17H25ClN4. The summed E-state index contributed by atoms with van der Waals surface area (Å²) in [6, 6.07) is 7.13. The number of benzene rings is 1. The molecule has 1 aromatic carbocycles. The fraction of sp³-hybridized carbons (Fsp3) is 0.471. The van der Waals surface area contributed by atoms with Crippen LogP contribution in [0.25, 0.3) is 0 Å². The van der Waals surface area contributed by atoms with Crippen LogP contribution in [-0.2, 0) is 13.6 Å². The molecule has 120 valence electrons. The smallest absolute Gasteiger partial charge is 0.127 e.